The summed E-state index contributed by atoms with van der Waals surface area (Å²) in [6.07, 6.45) is 1.74. The summed E-state index contributed by atoms with van der Waals surface area (Å²) in [6.45, 7) is 0.957. The molecule has 0 atom stereocenters. The lowest BCUT2D eigenvalue weighted by molar-refractivity contribution is 0.400. The Bertz CT molecular complexity index is 297. The van der Waals surface area contributed by atoms with Gasteiger partial charge in [-0.05, 0) is 51.2 Å². The molecule has 0 radical (unpaired) electrons. The summed E-state index contributed by atoms with van der Waals surface area (Å²) in [5.41, 5.74) is 0.853. The predicted molar refractivity (Wildman–Crippen MR) is 53.2 cm³/mol. The summed E-state index contributed by atoms with van der Waals surface area (Å²) in [5, 5.41) is 0. The molecule has 0 aliphatic carbocycles. The second-order valence-corrected chi connectivity index (χ2v) is 3.66. The molecule has 0 heterocycles. The normalized spacial score (nSPS) is 10.9. The number of hydrogen-bond acceptors (Lipinski definition) is 1. The highest BCUT2D eigenvalue weighted by Gasteiger charge is 2.02. The van der Waals surface area contributed by atoms with Gasteiger partial charge >= 0.3 is 0 Å². The maximum Gasteiger partial charge on any atom is 0.159 e. The van der Waals surface area contributed by atoms with Gasteiger partial charge in [0.25, 0.3) is 0 Å². The third kappa shape index (κ3) is 3.42. The molecule has 1 nitrogen and oxygen atoms in total. The number of benzene rings is 1. The van der Waals surface area contributed by atoms with Crippen molar-refractivity contribution in [2.45, 2.75) is 12.8 Å². The molecule has 0 aliphatic rings. The summed E-state index contributed by atoms with van der Waals surface area (Å²) in [6, 6.07) is 4.08. The smallest absolute Gasteiger partial charge is 0.159 e. The molecule has 0 spiro atoms. The fraction of sp³-hybridized carbons (Fsp3) is 0.455. The largest absolute Gasteiger partial charge is 0.309 e. The first kappa shape index (κ1) is 11.1. The van der Waals surface area contributed by atoms with Crippen LogP contribution in [0.1, 0.15) is 12.0 Å². The molecular formula is C11H15F2N. The Balaban J connectivity index is 2.47. The lowest BCUT2D eigenvalue weighted by atomic mass is 10.1. The summed E-state index contributed by atoms with van der Waals surface area (Å²) >= 11 is 0. The van der Waals surface area contributed by atoms with E-state index in [0.29, 0.717) is 0 Å². The van der Waals surface area contributed by atoms with Gasteiger partial charge in [-0.2, -0.15) is 0 Å². The van der Waals surface area contributed by atoms with Crippen LogP contribution in [0.15, 0.2) is 18.2 Å². The average Bonchev–Trinajstić information content (AvgIpc) is 2.10. The van der Waals surface area contributed by atoms with Gasteiger partial charge in [-0.25, -0.2) is 8.78 Å². The van der Waals surface area contributed by atoms with E-state index in [4.69, 9.17) is 0 Å². The first-order valence-corrected chi connectivity index (χ1v) is 4.68. The summed E-state index contributed by atoms with van der Waals surface area (Å²) < 4.78 is 25.3. The minimum atomic E-state index is -0.777. The van der Waals surface area contributed by atoms with Gasteiger partial charge in [-0.3, -0.25) is 0 Å². The first-order valence-electron chi connectivity index (χ1n) is 4.68. The Morgan fingerprint density at radius 3 is 2.43 bits per heavy atom. The topological polar surface area (TPSA) is 3.24 Å². The quantitative estimate of drug-likeness (QED) is 0.720. The van der Waals surface area contributed by atoms with Gasteiger partial charge in [0.05, 0.1) is 0 Å². The molecule has 0 aromatic heterocycles. The lowest BCUT2D eigenvalue weighted by Gasteiger charge is -2.08. The third-order valence-electron chi connectivity index (χ3n) is 2.05. The number of hydrogen-bond donors (Lipinski definition) is 0. The zero-order chi connectivity index (χ0) is 10.6. The molecule has 1 aromatic carbocycles. The highest BCUT2D eigenvalue weighted by molar-refractivity contribution is 5.17. The summed E-state index contributed by atoms with van der Waals surface area (Å²) in [4.78, 5) is 2.07. The number of aryl methyl sites for hydroxylation is 1. The van der Waals surface area contributed by atoms with Crippen molar-refractivity contribution in [3.63, 3.8) is 0 Å². The van der Waals surface area contributed by atoms with Crippen molar-refractivity contribution in [3.05, 3.63) is 35.4 Å². The fourth-order valence-electron chi connectivity index (χ4n) is 1.29. The van der Waals surface area contributed by atoms with Crippen LogP contribution < -0.4 is 0 Å². The molecule has 78 valence electrons. The van der Waals surface area contributed by atoms with Crippen LogP contribution in [0.3, 0.4) is 0 Å². The van der Waals surface area contributed by atoms with Gasteiger partial charge in [0.2, 0.25) is 0 Å². The Kier molecular flexibility index (Phi) is 4.01. The molecule has 1 aromatic rings. The van der Waals surface area contributed by atoms with Gasteiger partial charge in [0.1, 0.15) is 0 Å². The van der Waals surface area contributed by atoms with E-state index in [1.54, 1.807) is 6.07 Å². The third-order valence-corrected chi connectivity index (χ3v) is 2.05. The zero-order valence-corrected chi connectivity index (χ0v) is 8.56. The molecule has 3 heteroatoms. The molecule has 0 amide bonds. The van der Waals surface area contributed by atoms with Crippen LogP contribution in [0.5, 0.6) is 0 Å². The monoisotopic (exact) mass is 199 g/mol. The minimum absolute atomic E-state index is 0.757. The summed E-state index contributed by atoms with van der Waals surface area (Å²) in [7, 11) is 3.98. The van der Waals surface area contributed by atoms with Crippen molar-refractivity contribution in [1.29, 1.82) is 0 Å². The molecule has 0 saturated carbocycles. The minimum Gasteiger partial charge on any atom is -0.309 e. The SMILES string of the molecule is CN(C)CCCc1ccc(F)c(F)c1. The van der Waals surface area contributed by atoms with Crippen LogP contribution in [-0.4, -0.2) is 25.5 Å². The molecular weight excluding hydrogens is 184 g/mol. The molecule has 0 unspecified atom stereocenters. The standard InChI is InChI=1S/C11H15F2N/c1-14(2)7-3-4-9-5-6-10(12)11(13)8-9/h5-6,8H,3-4,7H2,1-2H3. The van der Waals surface area contributed by atoms with Crippen molar-refractivity contribution in [1.82, 2.24) is 4.90 Å². The van der Waals surface area contributed by atoms with Crippen molar-refractivity contribution in [2.24, 2.45) is 0 Å². The van der Waals surface area contributed by atoms with E-state index in [9.17, 15) is 8.78 Å². The van der Waals surface area contributed by atoms with Gasteiger partial charge in [-0.15, -0.1) is 0 Å². The Labute approximate surface area is 83.3 Å². The van der Waals surface area contributed by atoms with E-state index in [1.165, 1.54) is 12.1 Å². The maximum absolute atomic E-state index is 12.8. The Hall–Kier alpha value is -0.960. The number of rotatable bonds is 4. The summed E-state index contributed by atoms with van der Waals surface area (Å²) in [5.74, 6) is -1.53. The van der Waals surface area contributed by atoms with Crippen LogP contribution in [0, 0.1) is 11.6 Å². The van der Waals surface area contributed by atoms with Gasteiger partial charge in [0.15, 0.2) is 11.6 Å². The van der Waals surface area contributed by atoms with Crippen LogP contribution in [-0.2, 0) is 6.42 Å². The van der Waals surface area contributed by atoms with E-state index in [0.717, 1.165) is 24.9 Å². The molecule has 0 saturated heterocycles. The fourth-order valence-corrected chi connectivity index (χ4v) is 1.29. The van der Waals surface area contributed by atoms with Crippen LogP contribution in [0.2, 0.25) is 0 Å². The Morgan fingerprint density at radius 2 is 1.86 bits per heavy atom. The van der Waals surface area contributed by atoms with Crippen molar-refractivity contribution < 1.29 is 8.78 Å². The number of halogens is 2. The predicted octanol–water partition coefficient (Wildman–Crippen LogP) is 2.46. The van der Waals surface area contributed by atoms with Crippen LogP contribution in [0.25, 0.3) is 0 Å². The lowest BCUT2D eigenvalue weighted by Crippen LogP contribution is -2.13. The van der Waals surface area contributed by atoms with E-state index in [1.807, 2.05) is 14.1 Å². The molecule has 14 heavy (non-hydrogen) atoms. The van der Waals surface area contributed by atoms with Crippen LogP contribution >= 0.6 is 0 Å². The molecule has 1 rings (SSSR count). The molecule has 0 fully saturated rings. The highest BCUT2D eigenvalue weighted by atomic mass is 19.2. The molecule has 0 N–H and O–H groups in total. The van der Waals surface area contributed by atoms with Gasteiger partial charge in [0, 0.05) is 0 Å². The van der Waals surface area contributed by atoms with E-state index < -0.39 is 11.6 Å². The molecule has 0 bridgehead atoms. The number of nitrogens with zero attached hydrogens (tertiary/aromatic N) is 1. The second kappa shape index (κ2) is 5.05. The van der Waals surface area contributed by atoms with Crippen molar-refractivity contribution in [2.75, 3.05) is 20.6 Å². The zero-order valence-electron chi connectivity index (χ0n) is 8.56. The first-order chi connectivity index (χ1) is 6.59. The van der Waals surface area contributed by atoms with Gasteiger partial charge in [-0.1, -0.05) is 6.07 Å². The van der Waals surface area contributed by atoms with E-state index in [2.05, 4.69) is 4.90 Å². The van der Waals surface area contributed by atoms with Crippen LogP contribution in [0.4, 0.5) is 8.78 Å². The highest BCUT2D eigenvalue weighted by Crippen LogP contribution is 2.10. The van der Waals surface area contributed by atoms with Crippen molar-refractivity contribution in [3.8, 4) is 0 Å². The van der Waals surface area contributed by atoms with Crippen molar-refractivity contribution >= 4 is 0 Å². The second-order valence-electron chi connectivity index (χ2n) is 3.66. The van der Waals surface area contributed by atoms with E-state index in [-0.39, 0.29) is 0 Å². The van der Waals surface area contributed by atoms with Gasteiger partial charge < -0.3 is 4.90 Å². The van der Waals surface area contributed by atoms with E-state index >= 15 is 0 Å². The maximum atomic E-state index is 12.8. The average molecular weight is 199 g/mol. The Morgan fingerprint density at radius 1 is 1.14 bits per heavy atom. The molecule has 0 aliphatic heterocycles.